The number of piperidine rings is 2. The number of esters is 1. The lowest BCUT2D eigenvalue weighted by atomic mass is 9.82. The number of carbonyl (C=O) groups excluding carboxylic acids is 2. The third-order valence-corrected chi connectivity index (χ3v) is 13.6. The van der Waals surface area contributed by atoms with E-state index in [1.54, 1.807) is 11.7 Å². The van der Waals surface area contributed by atoms with Crippen molar-refractivity contribution in [3.05, 3.63) is 124 Å². The molecule has 3 fully saturated rings. The van der Waals surface area contributed by atoms with Gasteiger partial charge < -0.3 is 29.2 Å². The maximum Gasteiger partial charge on any atom is 0.310 e. The summed E-state index contributed by atoms with van der Waals surface area (Å²) in [5.74, 6) is 2.48. The standard InChI is InChI=1S/C54H68N6O7/c1-4-65-50-19-10-9-18-48(50)60-51(56-47-17-8-7-16-46(47)54(60)63)37-57-28-30-58(31-29-57)52(61)38-66-44-23-21-40(22-24-44)36-55-26-11-5-6-12-27-59-42-14-13-15-43(59)35-45(34-42)67-53(62)33-41-32-39(2)20-25-49(41)64-3/h7-10,16-25,32,42-43,45,55H,4-6,11-15,26-31,33-38H2,1-3H3. The minimum absolute atomic E-state index is 0.00173. The molecular weight excluding hydrogens is 845 g/mol. The lowest BCUT2D eigenvalue weighted by Gasteiger charge is -2.48. The van der Waals surface area contributed by atoms with Gasteiger partial charge in [0.15, 0.2) is 6.61 Å². The van der Waals surface area contributed by atoms with Crippen molar-refractivity contribution < 1.29 is 28.5 Å². The van der Waals surface area contributed by atoms with Gasteiger partial charge in [0, 0.05) is 63.2 Å². The van der Waals surface area contributed by atoms with Crippen molar-refractivity contribution in [1.29, 1.82) is 0 Å². The average Bonchev–Trinajstić information content (AvgIpc) is 3.33. The summed E-state index contributed by atoms with van der Waals surface area (Å²) in [5, 5.41) is 4.14. The number of hydrogen-bond donors (Lipinski definition) is 1. The predicted octanol–water partition coefficient (Wildman–Crippen LogP) is 7.65. The molecule has 0 aliphatic carbocycles. The van der Waals surface area contributed by atoms with Crippen molar-refractivity contribution in [3.63, 3.8) is 0 Å². The number of nitrogens with zero attached hydrogens (tertiary/aromatic N) is 5. The third kappa shape index (κ3) is 12.4. The van der Waals surface area contributed by atoms with Crippen molar-refractivity contribution in [2.45, 2.75) is 109 Å². The van der Waals surface area contributed by atoms with Crippen molar-refractivity contribution in [2.75, 3.05) is 59.6 Å². The van der Waals surface area contributed by atoms with Crippen LogP contribution in [0.1, 0.15) is 87.2 Å². The molecule has 1 amide bonds. The van der Waals surface area contributed by atoms with E-state index in [0.29, 0.717) is 85.3 Å². The van der Waals surface area contributed by atoms with E-state index in [1.807, 2.05) is 97.6 Å². The normalized spacial score (nSPS) is 18.7. The second-order valence-corrected chi connectivity index (χ2v) is 18.3. The van der Waals surface area contributed by atoms with Crippen LogP contribution in [0, 0.1) is 6.92 Å². The highest BCUT2D eigenvalue weighted by Gasteiger charge is 2.39. The first-order valence-electron chi connectivity index (χ1n) is 24.5. The van der Waals surface area contributed by atoms with Gasteiger partial charge in [-0.15, -0.1) is 0 Å². The Kier molecular flexibility index (Phi) is 16.6. The molecule has 4 aromatic carbocycles. The number of hydrogen-bond acceptors (Lipinski definition) is 11. The lowest BCUT2D eigenvalue weighted by Crippen LogP contribution is -2.54. The fraction of sp³-hybridized carbons (Fsp3) is 0.481. The van der Waals surface area contributed by atoms with Gasteiger partial charge in [-0.25, -0.2) is 4.98 Å². The Morgan fingerprint density at radius 2 is 1.57 bits per heavy atom. The molecule has 2 bridgehead atoms. The Morgan fingerprint density at radius 1 is 0.821 bits per heavy atom. The largest absolute Gasteiger partial charge is 0.496 e. The van der Waals surface area contributed by atoms with Crippen LogP contribution >= 0.6 is 0 Å². The molecule has 13 heteroatoms. The third-order valence-electron chi connectivity index (χ3n) is 13.6. The molecule has 3 aliphatic rings. The lowest BCUT2D eigenvalue weighted by molar-refractivity contribution is -0.154. The molecule has 3 saturated heterocycles. The molecule has 8 rings (SSSR count). The van der Waals surface area contributed by atoms with Crippen molar-refractivity contribution >= 4 is 22.8 Å². The van der Waals surface area contributed by atoms with Gasteiger partial charge in [-0.05, 0) is 101 Å². The van der Waals surface area contributed by atoms with E-state index < -0.39 is 0 Å². The van der Waals surface area contributed by atoms with Crippen LogP contribution < -0.4 is 25.1 Å². The number of piperazine rings is 1. The van der Waals surface area contributed by atoms with Crippen LogP contribution in [0.25, 0.3) is 16.6 Å². The number of benzene rings is 4. The number of fused-ring (bicyclic) bond motifs is 3. The number of rotatable bonds is 21. The first kappa shape index (κ1) is 47.7. The highest BCUT2D eigenvalue weighted by molar-refractivity contribution is 5.79. The number of unbranched alkanes of at least 4 members (excludes halogenated alkanes) is 3. The summed E-state index contributed by atoms with van der Waals surface area (Å²) in [7, 11) is 1.64. The molecule has 0 spiro atoms. The number of para-hydroxylation sites is 3. The number of aryl methyl sites for hydroxylation is 1. The molecule has 1 N–H and O–H groups in total. The highest BCUT2D eigenvalue weighted by atomic mass is 16.5. The first-order valence-corrected chi connectivity index (χ1v) is 24.5. The summed E-state index contributed by atoms with van der Waals surface area (Å²) in [6, 6.07) is 29.9. The van der Waals surface area contributed by atoms with Crippen molar-refractivity contribution in [3.8, 4) is 22.9 Å². The molecule has 356 valence electrons. The van der Waals surface area contributed by atoms with Crippen molar-refractivity contribution in [1.82, 2.24) is 29.6 Å². The highest BCUT2D eigenvalue weighted by Crippen LogP contribution is 2.36. The van der Waals surface area contributed by atoms with Gasteiger partial charge in [-0.2, -0.15) is 0 Å². The van der Waals surface area contributed by atoms with Gasteiger partial charge in [0.1, 0.15) is 29.2 Å². The molecule has 4 heterocycles. The Balaban J connectivity index is 0.703. The van der Waals surface area contributed by atoms with E-state index >= 15 is 0 Å². The summed E-state index contributed by atoms with van der Waals surface area (Å²) >= 11 is 0. The van der Waals surface area contributed by atoms with Gasteiger partial charge in [0.05, 0.1) is 43.3 Å². The fourth-order valence-electron chi connectivity index (χ4n) is 10.2. The van der Waals surface area contributed by atoms with Gasteiger partial charge in [-0.1, -0.05) is 73.4 Å². The molecule has 0 saturated carbocycles. The number of aromatic nitrogens is 2. The molecular formula is C54H68N6O7. The van der Waals surface area contributed by atoms with Crippen LogP contribution in [0.4, 0.5) is 0 Å². The van der Waals surface area contributed by atoms with Gasteiger partial charge in [-0.3, -0.25) is 28.8 Å². The number of nitrogens with one attached hydrogen (secondary N) is 1. The predicted molar refractivity (Wildman–Crippen MR) is 261 cm³/mol. The Bertz CT molecular complexity index is 2470. The zero-order valence-electron chi connectivity index (χ0n) is 39.6. The molecule has 1 aromatic heterocycles. The van der Waals surface area contributed by atoms with Crippen LogP contribution in [0.5, 0.6) is 17.2 Å². The second kappa shape index (κ2) is 23.3. The molecule has 2 atom stereocenters. The Hall–Kier alpha value is -5.76. The van der Waals surface area contributed by atoms with Gasteiger partial charge in [0.25, 0.3) is 11.5 Å². The van der Waals surface area contributed by atoms with Gasteiger partial charge in [0.2, 0.25) is 0 Å². The maximum absolute atomic E-state index is 13.9. The monoisotopic (exact) mass is 913 g/mol. The van der Waals surface area contributed by atoms with Crippen molar-refractivity contribution in [2.24, 2.45) is 0 Å². The van der Waals surface area contributed by atoms with E-state index in [0.717, 1.165) is 55.8 Å². The summed E-state index contributed by atoms with van der Waals surface area (Å²) in [5.41, 5.74) is 4.37. The maximum atomic E-state index is 13.9. The second-order valence-electron chi connectivity index (χ2n) is 18.3. The number of ether oxygens (including phenoxy) is 4. The molecule has 5 aromatic rings. The minimum Gasteiger partial charge on any atom is -0.496 e. The van der Waals surface area contributed by atoms with E-state index in [-0.39, 0.29) is 36.6 Å². The Labute approximate surface area is 395 Å². The molecule has 2 unspecified atom stereocenters. The molecule has 67 heavy (non-hydrogen) atoms. The van der Waals surface area contributed by atoms with E-state index in [9.17, 15) is 14.4 Å². The molecule has 0 radical (unpaired) electrons. The SMILES string of the molecule is CCOc1ccccc1-n1c(CN2CCN(C(=O)COc3ccc(CNCCCCCCN4C5CCCC4CC(OC(=O)Cc4cc(C)ccc4OC)C5)cc3)CC2)nc2ccccc2c1=O. The van der Waals surface area contributed by atoms with Crippen LogP contribution in [0.3, 0.4) is 0 Å². The molecule has 13 nitrogen and oxygen atoms in total. The minimum atomic E-state index is -0.156. The van der Waals surface area contributed by atoms with Crippen LogP contribution in [0.2, 0.25) is 0 Å². The van der Waals surface area contributed by atoms with E-state index in [1.165, 1.54) is 44.1 Å². The topological polar surface area (TPSA) is 128 Å². The fourth-order valence-corrected chi connectivity index (χ4v) is 10.2. The smallest absolute Gasteiger partial charge is 0.310 e. The number of carbonyl (C=O) groups is 2. The zero-order chi connectivity index (χ0) is 46.5. The van der Waals surface area contributed by atoms with Crippen LogP contribution in [0.15, 0.2) is 95.8 Å². The summed E-state index contributed by atoms with van der Waals surface area (Å²) in [4.78, 5) is 51.8. The van der Waals surface area contributed by atoms with E-state index in [2.05, 4.69) is 27.2 Å². The van der Waals surface area contributed by atoms with E-state index in [4.69, 9.17) is 23.9 Å². The number of methoxy groups -OCH3 is 1. The van der Waals surface area contributed by atoms with Gasteiger partial charge >= 0.3 is 5.97 Å². The quantitative estimate of drug-likeness (QED) is 0.0577. The summed E-state index contributed by atoms with van der Waals surface area (Å²) in [6.45, 7) is 10.2. The van der Waals surface area contributed by atoms with Crippen LogP contribution in [-0.2, 0) is 33.8 Å². The first-order chi connectivity index (χ1) is 32.8. The summed E-state index contributed by atoms with van der Waals surface area (Å²) < 4.78 is 25.1. The van der Waals surface area contributed by atoms with Crippen LogP contribution in [-0.4, -0.2) is 114 Å². The summed E-state index contributed by atoms with van der Waals surface area (Å²) in [6.07, 6.45) is 10.5. The molecule has 3 aliphatic heterocycles. The zero-order valence-corrected chi connectivity index (χ0v) is 39.6. The Morgan fingerprint density at radius 3 is 2.34 bits per heavy atom. The number of amides is 1. The average molecular weight is 913 g/mol.